The number of hydrogen-bond acceptors (Lipinski definition) is 2. The molecule has 0 saturated heterocycles. The van der Waals surface area contributed by atoms with Gasteiger partial charge < -0.3 is 0 Å². The number of benzene rings is 2. The smallest absolute Gasteiger partial charge is 0.0858 e. The van der Waals surface area contributed by atoms with Crippen LogP contribution in [0.5, 0.6) is 0 Å². The summed E-state index contributed by atoms with van der Waals surface area (Å²) in [6.07, 6.45) is 5.51. The lowest BCUT2D eigenvalue weighted by Crippen LogP contribution is -2.23. The normalized spacial score (nSPS) is 13.5. The predicted molar refractivity (Wildman–Crippen MR) is 115 cm³/mol. The Labute approximate surface area is 156 Å². The van der Waals surface area contributed by atoms with Crippen LogP contribution in [0.3, 0.4) is 0 Å². The van der Waals surface area contributed by atoms with Gasteiger partial charge in [0.2, 0.25) is 0 Å². The van der Waals surface area contributed by atoms with Crippen LogP contribution in [-0.4, -0.2) is 13.3 Å². The van der Waals surface area contributed by atoms with Gasteiger partial charge in [0.05, 0.1) is 8.07 Å². The molecule has 0 radical (unpaired) electrons. The average molecular weight is 371 g/mol. The molecule has 1 atom stereocenters. The van der Waals surface area contributed by atoms with Crippen molar-refractivity contribution in [3.8, 4) is 0 Å². The SMILES string of the molecule is C=CCC(/C=C(\Sc1ccccc1)[Si](C)(C)C)Sc1ccccc1. The van der Waals surface area contributed by atoms with E-state index in [2.05, 4.69) is 93.0 Å². The Hall–Kier alpha value is -1.16. The molecule has 1 unspecified atom stereocenters. The molecule has 0 amide bonds. The molecule has 2 aromatic carbocycles. The van der Waals surface area contributed by atoms with Crippen molar-refractivity contribution in [1.82, 2.24) is 0 Å². The first-order chi connectivity index (χ1) is 11.5. The summed E-state index contributed by atoms with van der Waals surface area (Å²) >= 11 is 3.87. The minimum absolute atomic E-state index is 0.433. The van der Waals surface area contributed by atoms with Gasteiger partial charge in [0, 0.05) is 15.0 Å². The maximum atomic E-state index is 3.96. The zero-order valence-corrected chi connectivity index (χ0v) is 17.4. The molecule has 2 aromatic rings. The van der Waals surface area contributed by atoms with E-state index in [1.807, 2.05) is 29.6 Å². The van der Waals surface area contributed by atoms with Crippen LogP contribution in [0.4, 0.5) is 0 Å². The summed E-state index contributed by atoms with van der Waals surface area (Å²) in [4.78, 5) is 2.65. The fourth-order valence-corrected chi connectivity index (χ4v) is 6.58. The predicted octanol–water partition coefficient (Wildman–Crippen LogP) is 7.28. The van der Waals surface area contributed by atoms with E-state index in [0.717, 1.165) is 6.42 Å². The lowest BCUT2D eigenvalue weighted by molar-refractivity contribution is 1.07. The second-order valence-corrected chi connectivity index (χ2v) is 14.5. The van der Waals surface area contributed by atoms with Crippen molar-refractivity contribution in [2.45, 2.75) is 41.1 Å². The molecule has 0 aliphatic rings. The lowest BCUT2D eigenvalue weighted by Gasteiger charge is -2.23. The number of hydrogen-bond donors (Lipinski definition) is 0. The summed E-state index contributed by atoms with van der Waals surface area (Å²) in [5.74, 6) is 0. The molecule has 0 saturated carbocycles. The van der Waals surface area contributed by atoms with E-state index in [4.69, 9.17) is 0 Å². The molecule has 0 fully saturated rings. The van der Waals surface area contributed by atoms with Crippen LogP contribution in [-0.2, 0) is 0 Å². The van der Waals surface area contributed by atoms with E-state index in [1.165, 1.54) is 9.79 Å². The summed E-state index contributed by atoms with van der Waals surface area (Å²) in [6.45, 7) is 11.2. The van der Waals surface area contributed by atoms with Crippen molar-refractivity contribution in [2.75, 3.05) is 0 Å². The summed E-state index contributed by atoms with van der Waals surface area (Å²) < 4.78 is 1.55. The van der Waals surface area contributed by atoms with Crippen molar-refractivity contribution in [3.05, 3.63) is 83.9 Å². The minimum Gasteiger partial charge on any atom is -0.118 e. The molecular formula is C21H26S2Si. The summed E-state index contributed by atoms with van der Waals surface area (Å²) in [5, 5.41) is 0.433. The van der Waals surface area contributed by atoms with Gasteiger partial charge in [-0.15, -0.1) is 18.3 Å². The highest BCUT2D eigenvalue weighted by atomic mass is 32.2. The molecule has 0 spiro atoms. The highest BCUT2D eigenvalue weighted by molar-refractivity contribution is 8.05. The van der Waals surface area contributed by atoms with Crippen molar-refractivity contribution < 1.29 is 0 Å². The fraction of sp³-hybridized carbons (Fsp3) is 0.238. The van der Waals surface area contributed by atoms with Crippen molar-refractivity contribution >= 4 is 31.6 Å². The maximum Gasteiger partial charge on any atom is 0.0858 e. The van der Waals surface area contributed by atoms with Crippen molar-refractivity contribution in [3.63, 3.8) is 0 Å². The molecule has 0 aromatic heterocycles. The number of thioether (sulfide) groups is 2. The van der Waals surface area contributed by atoms with E-state index in [0.29, 0.717) is 5.25 Å². The zero-order valence-electron chi connectivity index (χ0n) is 14.7. The van der Waals surface area contributed by atoms with Gasteiger partial charge in [-0.25, -0.2) is 0 Å². The Morgan fingerprint density at radius 2 is 1.50 bits per heavy atom. The van der Waals surface area contributed by atoms with Crippen molar-refractivity contribution in [2.24, 2.45) is 0 Å². The quantitative estimate of drug-likeness (QED) is 0.272. The topological polar surface area (TPSA) is 0 Å². The summed E-state index contributed by atoms with van der Waals surface area (Å²) in [6, 6.07) is 21.4. The molecule has 2 rings (SSSR count). The zero-order chi connectivity index (χ0) is 17.4. The minimum atomic E-state index is -1.40. The van der Waals surface area contributed by atoms with Crippen LogP contribution in [0.1, 0.15) is 6.42 Å². The third kappa shape index (κ3) is 6.38. The highest BCUT2D eigenvalue weighted by Crippen LogP contribution is 2.36. The molecule has 3 heteroatoms. The summed E-state index contributed by atoms with van der Waals surface area (Å²) in [5.41, 5.74) is 0. The summed E-state index contributed by atoms with van der Waals surface area (Å²) in [7, 11) is -1.40. The molecular weight excluding hydrogens is 344 g/mol. The number of rotatable bonds is 8. The molecule has 0 heterocycles. The first-order valence-corrected chi connectivity index (χ1v) is 13.5. The second kappa shape index (κ2) is 9.35. The van der Waals surface area contributed by atoms with Crippen LogP contribution in [0, 0.1) is 0 Å². The van der Waals surface area contributed by atoms with Crippen LogP contribution >= 0.6 is 23.5 Å². The van der Waals surface area contributed by atoms with Crippen LogP contribution in [0.15, 0.2) is 93.7 Å². The van der Waals surface area contributed by atoms with Crippen molar-refractivity contribution in [1.29, 1.82) is 0 Å². The Morgan fingerprint density at radius 3 is 2.00 bits per heavy atom. The molecule has 0 N–H and O–H groups in total. The van der Waals surface area contributed by atoms with Crippen LogP contribution in [0.2, 0.25) is 19.6 Å². The standard InChI is InChI=1S/C21H26S2Si/c1-5-12-20(22-18-13-8-6-9-14-18)17-21(24(2,3)4)23-19-15-10-7-11-16-19/h5-11,13-17,20H,1,12H2,2-4H3/b21-17+. The van der Waals surface area contributed by atoms with E-state index in [9.17, 15) is 0 Å². The molecule has 0 aliphatic heterocycles. The van der Waals surface area contributed by atoms with Gasteiger partial charge in [-0.2, -0.15) is 0 Å². The maximum absolute atomic E-state index is 3.96. The first-order valence-electron chi connectivity index (χ1n) is 8.27. The average Bonchev–Trinajstić information content (AvgIpc) is 2.55. The third-order valence-corrected chi connectivity index (χ3v) is 9.30. The van der Waals surface area contributed by atoms with Gasteiger partial charge in [0.25, 0.3) is 0 Å². The molecule has 0 aliphatic carbocycles. The van der Waals surface area contributed by atoms with Gasteiger partial charge >= 0.3 is 0 Å². The molecule has 24 heavy (non-hydrogen) atoms. The Morgan fingerprint density at radius 1 is 0.958 bits per heavy atom. The first kappa shape index (κ1) is 19.2. The van der Waals surface area contributed by atoms with Gasteiger partial charge in [0.15, 0.2) is 0 Å². The number of allylic oxidation sites excluding steroid dienone is 1. The molecule has 0 nitrogen and oxygen atoms in total. The Bertz CT molecular complexity index is 657. The third-order valence-electron chi connectivity index (χ3n) is 3.48. The Balaban J connectivity index is 2.25. The van der Waals surface area contributed by atoms with E-state index in [1.54, 1.807) is 4.53 Å². The lowest BCUT2D eigenvalue weighted by atomic mass is 10.3. The second-order valence-electron chi connectivity index (χ2n) is 6.69. The fourth-order valence-electron chi connectivity index (χ4n) is 2.21. The van der Waals surface area contributed by atoms with Gasteiger partial charge in [-0.3, -0.25) is 0 Å². The monoisotopic (exact) mass is 370 g/mol. The van der Waals surface area contributed by atoms with E-state index in [-0.39, 0.29) is 0 Å². The van der Waals surface area contributed by atoms with Crippen LogP contribution in [0.25, 0.3) is 0 Å². The van der Waals surface area contributed by atoms with Gasteiger partial charge in [0.1, 0.15) is 0 Å². The van der Waals surface area contributed by atoms with E-state index < -0.39 is 8.07 Å². The molecule has 0 bridgehead atoms. The van der Waals surface area contributed by atoms with Gasteiger partial charge in [-0.05, 0) is 35.2 Å². The van der Waals surface area contributed by atoms with Crippen LogP contribution < -0.4 is 0 Å². The van der Waals surface area contributed by atoms with Gasteiger partial charge in [-0.1, -0.05) is 80.0 Å². The van der Waals surface area contributed by atoms with E-state index >= 15 is 0 Å². The largest absolute Gasteiger partial charge is 0.118 e. The highest BCUT2D eigenvalue weighted by Gasteiger charge is 2.22. The Kier molecular flexibility index (Phi) is 7.47. The molecule has 126 valence electrons.